The molecule has 0 aliphatic rings. The Balaban J connectivity index is 2.20. The van der Waals surface area contributed by atoms with Gasteiger partial charge in [0.1, 0.15) is 5.78 Å². The first-order valence-corrected chi connectivity index (χ1v) is 7.16. The summed E-state index contributed by atoms with van der Waals surface area (Å²) in [4.78, 5) is 11.7. The molecule has 0 saturated heterocycles. The lowest BCUT2D eigenvalue weighted by atomic mass is 10.0. The number of phenols is 2. The molecular formula is C16H24O3. The van der Waals surface area contributed by atoms with Crippen molar-refractivity contribution in [3.05, 3.63) is 23.8 Å². The van der Waals surface area contributed by atoms with Crippen molar-refractivity contribution in [3.63, 3.8) is 0 Å². The van der Waals surface area contributed by atoms with Crippen molar-refractivity contribution in [2.75, 3.05) is 0 Å². The molecule has 0 bridgehead atoms. The third-order valence-electron chi connectivity index (χ3n) is 3.29. The van der Waals surface area contributed by atoms with Gasteiger partial charge in [0, 0.05) is 12.8 Å². The molecule has 1 aromatic carbocycles. The molecule has 0 atom stereocenters. The van der Waals surface area contributed by atoms with E-state index in [-0.39, 0.29) is 17.3 Å². The number of hydrogen-bond donors (Lipinski definition) is 2. The van der Waals surface area contributed by atoms with Gasteiger partial charge < -0.3 is 10.2 Å². The Hall–Kier alpha value is -1.51. The first kappa shape index (κ1) is 15.5. The highest BCUT2D eigenvalue weighted by Crippen LogP contribution is 2.25. The van der Waals surface area contributed by atoms with Crippen molar-refractivity contribution >= 4 is 5.78 Å². The molecule has 1 aromatic rings. The van der Waals surface area contributed by atoms with Crippen LogP contribution in [0.4, 0.5) is 0 Å². The maximum atomic E-state index is 11.7. The van der Waals surface area contributed by atoms with Crippen LogP contribution >= 0.6 is 0 Å². The highest BCUT2D eigenvalue weighted by molar-refractivity contribution is 5.78. The molecule has 0 heterocycles. The zero-order chi connectivity index (χ0) is 14.1. The smallest absolute Gasteiger partial charge is 0.157 e. The quantitative estimate of drug-likeness (QED) is 0.524. The molecule has 1 rings (SSSR count). The molecule has 0 fully saturated rings. The predicted octanol–water partition coefficient (Wildman–Crippen LogP) is 3.96. The topological polar surface area (TPSA) is 57.5 Å². The SMILES string of the molecule is CCCCCCCC(=O)CCc1ccc(O)c(O)c1. The van der Waals surface area contributed by atoms with Gasteiger partial charge in [-0.1, -0.05) is 38.7 Å². The maximum Gasteiger partial charge on any atom is 0.157 e. The van der Waals surface area contributed by atoms with E-state index in [1.807, 2.05) is 0 Å². The number of rotatable bonds is 9. The van der Waals surface area contributed by atoms with E-state index in [2.05, 4.69) is 6.92 Å². The molecule has 0 amide bonds. The van der Waals surface area contributed by atoms with E-state index >= 15 is 0 Å². The minimum atomic E-state index is -0.121. The first-order chi connectivity index (χ1) is 9.13. The molecule has 0 spiro atoms. The minimum Gasteiger partial charge on any atom is -0.504 e. The lowest BCUT2D eigenvalue weighted by Crippen LogP contribution is -2.00. The van der Waals surface area contributed by atoms with E-state index in [1.54, 1.807) is 6.07 Å². The van der Waals surface area contributed by atoms with Gasteiger partial charge in [0.2, 0.25) is 0 Å². The molecule has 0 radical (unpaired) electrons. The number of aryl methyl sites for hydroxylation is 1. The van der Waals surface area contributed by atoms with Gasteiger partial charge in [-0.25, -0.2) is 0 Å². The molecule has 0 saturated carbocycles. The fourth-order valence-electron chi connectivity index (χ4n) is 2.06. The number of phenolic OH excluding ortho intramolecular Hbond substituents is 2. The van der Waals surface area contributed by atoms with Crippen molar-refractivity contribution < 1.29 is 15.0 Å². The van der Waals surface area contributed by atoms with Crippen molar-refractivity contribution in [2.45, 2.75) is 58.3 Å². The predicted molar refractivity (Wildman–Crippen MR) is 76.5 cm³/mol. The van der Waals surface area contributed by atoms with Crippen LogP contribution in [0.3, 0.4) is 0 Å². The van der Waals surface area contributed by atoms with Gasteiger partial charge in [-0.15, -0.1) is 0 Å². The van der Waals surface area contributed by atoms with Gasteiger partial charge in [0.25, 0.3) is 0 Å². The molecule has 0 aromatic heterocycles. The van der Waals surface area contributed by atoms with Crippen LogP contribution in [0.25, 0.3) is 0 Å². The number of Topliss-reactive ketones (excluding diaryl/α,β-unsaturated/α-hetero) is 1. The fourth-order valence-corrected chi connectivity index (χ4v) is 2.06. The number of carbonyl (C=O) groups excluding carboxylic acids is 1. The van der Waals surface area contributed by atoms with Crippen LogP contribution in [-0.2, 0) is 11.2 Å². The molecule has 0 aliphatic carbocycles. The molecule has 0 unspecified atom stereocenters. The van der Waals surface area contributed by atoms with Gasteiger partial charge >= 0.3 is 0 Å². The average Bonchev–Trinajstić information content (AvgIpc) is 2.40. The van der Waals surface area contributed by atoms with Crippen LogP contribution in [0.5, 0.6) is 11.5 Å². The van der Waals surface area contributed by atoms with E-state index in [0.29, 0.717) is 19.3 Å². The van der Waals surface area contributed by atoms with E-state index in [1.165, 1.54) is 31.4 Å². The van der Waals surface area contributed by atoms with Crippen LogP contribution in [0.15, 0.2) is 18.2 Å². The third kappa shape index (κ3) is 6.27. The Morgan fingerprint density at radius 3 is 2.42 bits per heavy atom. The molecule has 0 aliphatic heterocycles. The summed E-state index contributed by atoms with van der Waals surface area (Å²) in [5, 5.41) is 18.5. The van der Waals surface area contributed by atoms with Crippen LogP contribution in [0.2, 0.25) is 0 Å². The van der Waals surface area contributed by atoms with E-state index in [0.717, 1.165) is 18.4 Å². The second-order valence-electron chi connectivity index (χ2n) is 5.03. The zero-order valence-corrected chi connectivity index (χ0v) is 11.7. The van der Waals surface area contributed by atoms with Crippen molar-refractivity contribution in [1.29, 1.82) is 0 Å². The van der Waals surface area contributed by atoms with Crippen LogP contribution < -0.4 is 0 Å². The second-order valence-corrected chi connectivity index (χ2v) is 5.03. The monoisotopic (exact) mass is 264 g/mol. The second kappa shape index (κ2) is 8.57. The summed E-state index contributed by atoms with van der Waals surface area (Å²) in [7, 11) is 0. The fraction of sp³-hybridized carbons (Fsp3) is 0.562. The van der Waals surface area contributed by atoms with Crippen molar-refractivity contribution in [2.24, 2.45) is 0 Å². The first-order valence-electron chi connectivity index (χ1n) is 7.16. The van der Waals surface area contributed by atoms with Gasteiger partial charge in [-0.3, -0.25) is 4.79 Å². The number of carbonyl (C=O) groups is 1. The average molecular weight is 264 g/mol. The largest absolute Gasteiger partial charge is 0.504 e. The summed E-state index contributed by atoms with van der Waals surface area (Å²) in [5.74, 6) is 0.0413. The Morgan fingerprint density at radius 1 is 1.00 bits per heavy atom. The molecular weight excluding hydrogens is 240 g/mol. The normalized spacial score (nSPS) is 10.6. The van der Waals surface area contributed by atoms with Gasteiger partial charge in [0.15, 0.2) is 11.5 Å². The molecule has 2 N–H and O–H groups in total. The van der Waals surface area contributed by atoms with Crippen molar-refractivity contribution in [1.82, 2.24) is 0 Å². The highest BCUT2D eigenvalue weighted by Gasteiger charge is 2.05. The van der Waals surface area contributed by atoms with Crippen LogP contribution in [0.1, 0.15) is 57.4 Å². The number of hydrogen-bond acceptors (Lipinski definition) is 3. The van der Waals surface area contributed by atoms with Gasteiger partial charge in [0.05, 0.1) is 0 Å². The summed E-state index contributed by atoms with van der Waals surface area (Å²) in [6, 6.07) is 4.72. The van der Waals surface area contributed by atoms with E-state index in [4.69, 9.17) is 0 Å². The van der Waals surface area contributed by atoms with Gasteiger partial charge in [-0.2, -0.15) is 0 Å². The summed E-state index contributed by atoms with van der Waals surface area (Å²) < 4.78 is 0. The zero-order valence-electron chi connectivity index (χ0n) is 11.7. The number of ketones is 1. The number of aromatic hydroxyl groups is 2. The molecule has 19 heavy (non-hydrogen) atoms. The summed E-state index contributed by atoms with van der Waals surface area (Å²) in [6.07, 6.45) is 7.61. The summed E-state index contributed by atoms with van der Waals surface area (Å²) >= 11 is 0. The molecule has 3 nitrogen and oxygen atoms in total. The van der Waals surface area contributed by atoms with Gasteiger partial charge in [-0.05, 0) is 30.5 Å². The maximum absolute atomic E-state index is 11.7. The lowest BCUT2D eigenvalue weighted by molar-refractivity contribution is -0.119. The summed E-state index contributed by atoms with van der Waals surface area (Å²) in [5.41, 5.74) is 0.884. The van der Waals surface area contributed by atoms with Crippen LogP contribution in [0, 0.1) is 0 Å². The Bertz CT molecular complexity index is 399. The Morgan fingerprint density at radius 2 is 1.74 bits per heavy atom. The summed E-state index contributed by atoms with van der Waals surface area (Å²) in [6.45, 7) is 2.18. The number of unbranched alkanes of at least 4 members (excludes halogenated alkanes) is 4. The third-order valence-corrected chi connectivity index (χ3v) is 3.29. The van der Waals surface area contributed by atoms with Crippen LogP contribution in [-0.4, -0.2) is 16.0 Å². The standard InChI is InChI=1S/C16H24O3/c1-2-3-4-5-6-7-14(17)10-8-13-9-11-15(18)16(19)12-13/h9,11-12,18-19H,2-8,10H2,1H3. The molecule has 3 heteroatoms. The van der Waals surface area contributed by atoms with Crippen molar-refractivity contribution in [3.8, 4) is 11.5 Å². The Kier molecular flexibility index (Phi) is 7.01. The lowest BCUT2D eigenvalue weighted by Gasteiger charge is -2.04. The number of benzene rings is 1. The minimum absolute atomic E-state index is 0.119. The Labute approximate surface area is 115 Å². The van der Waals surface area contributed by atoms with E-state index < -0.39 is 0 Å². The van der Waals surface area contributed by atoms with E-state index in [9.17, 15) is 15.0 Å². The molecule has 106 valence electrons. The highest BCUT2D eigenvalue weighted by atomic mass is 16.3.